The topological polar surface area (TPSA) is 104 Å². The highest BCUT2D eigenvalue weighted by atomic mass is 16.8. The van der Waals surface area contributed by atoms with Crippen molar-refractivity contribution in [1.29, 1.82) is 0 Å². The van der Waals surface area contributed by atoms with Crippen LogP contribution in [0.3, 0.4) is 0 Å². The Hall–Kier alpha value is -0.770. The zero-order valence-corrected chi connectivity index (χ0v) is 15.7. The maximum absolute atomic E-state index is 11.6. The predicted octanol–water partition coefficient (Wildman–Crippen LogP) is 0.662. The molecule has 1 spiro atoms. The first-order valence-corrected chi connectivity index (χ1v) is 10.1. The summed E-state index contributed by atoms with van der Waals surface area (Å²) in [6.45, 7) is -0.395. The summed E-state index contributed by atoms with van der Waals surface area (Å²) in [6.07, 6.45) is 3.00. The molecule has 0 amide bonds. The number of carbonyl (C=O) groups excluding carboxylic acids is 1. The monoisotopic (exact) mass is 386 g/mol. The van der Waals surface area contributed by atoms with Crippen molar-refractivity contribution in [3.63, 3.8) is 0 Å². The number of fused-ring (bicyclic) bond motifs is 3. The summed E-state index contributed by atoms with van der Waals surface area (Å²) in [4.78, 5) is 11.6. The highest BCUT2D eigenvalue weighted by Gasteiger charge is 2.60. The minimum absolute atomic E-state index is 0.200. The molecule has 7 atom stereocenters. The summed E-state index contributed by atoms with van der Waals surface area (Å²) in [6, 6.07) is 0. The largest absolute Gasteiger partial charge is 0.469 e. The molecule has 0 aromatic heterocycles. The predicted molar refractivity (Wildman–Crippen MR) is 91.8 cm³/mol. The summed E-state index contributed by atoms with van der Waals surface area (Å²) >= 11 is 0. The molecule has 0 aromatic carbocycles. The Balaban J connectivity index is 1.54. The number of aliphatic hydroxyl groups excluding tert-OH is 2. The molecule has 2 N–H and O–H groups in total. The lowest BCUT2D eigenvalue weighted by Crippen LogP contribution is -2.62. The standard InChI is InChI=1S/C19H30O8/c1-23-14(22)9-11-5-6-13-16(24-11)18-17(15(25-13)12(21)10-20)26-19(27-18)7-3-2-4-8-19/h11-13,15-18,20-21H,2-10H2,1H3/t11-,12-,13+,15+,16+,17-,18+/m1/s1. The Morgan fingerprint density at radius 2 is 1.85 bits per heavy atom. The molecular formula is C19H30O8. The van der Waals surface area contributed by atoms with Gasteiger partial charge in [0.15, 0.2) is 5.79 Å². The Kier molecular flexibility index (Phi) is 5.74. The van der Waals surface area contributed by atoms with Crippen LogP contribution in [0.2, 0.25) is 0 Å². The zero-order chi connectivity index (χ0) is 19.0. The summed E-state index contributed by atoms with van der Waals surface area (Å²) in [5.74, 6) is -0.953. The fourth-order valence-electron chi connectivity index (χ4n) is 4.93. The van der Waals surface area contributed by atoms with E-state index in [1.54, 1.807) is 0 Å². The van der Waals surface area contributed by atoms with E-state index in [2.05, 4.69) is 0 Å². The van der Waals surface area contributed by atoms with Crippen LogP contribution in [-0.2, 0) is 28.5 Å². The van der Waals surface area contributed by atoms with Crippen LogP contribution >= 0.6 is 0 Å². The van der Waals surface area contributed by atoms with Gasteiger partial charge >= 0.3 is 5.97 Å². The number of ether oxygens (including phenoxy) is 5. The lowest BCUT2D eigenvalue weighted by Gasteiger charge is -2.47. The third kappa shape index (κ3) is 3.75. The van der Waals surface area contributed by atoms with E-state index in [0.717, 1.165) is 32.1 Å². The molecule has 1 aliphatic carbocycles. The molecule has 4 aliphatic rings. The van der Waals surface area contributed by atoms with Crippen molar-refractivity contribution in [1.82, 2.24) is 0 Å². The average Bonchev–Trinajstić information content (AvgIpc) is 3.06. The van der Waals surface area contributed by atoms with Crippen molar-refractivity contribution in [2.75, 3.05) is 13.7 Å². The van der Waals surface area contributed by atoms with Gasteiger partial charge in [-0.2, -0.15) is 0 Å². The lowest BCUT2D eigenvalue weighted by molar-refractivity contribution is -0.256. The summed E-state index contributed by atoms with van der Waals surface area (Å²) in [5, 5.41) is 19.8. The van der Waals surface area contributed by atoms with E-state index in [1.165, 1.54) is 7.11 Å². The SMILES string of the molecule is COC(=O)C[C@H]1CC[C@@H]2O[C@@H]([C@H](O)CO)[C@H]3OC4(CCCCC4)O[C@H]3[C@H]2O1. The van der Waals surface area contributed by atoms with Crippen molar-refractivity contribution in [2.45, 2.75) is 99.9 Å². The highest BCUT2D eigenvalue weighted by molar-refractivity contribution is 5.69. The van der Waals surface area contributed by atoms with Crippen LogP contribution in [0.1, 0.15) is 51.4 Å². The molecular weight excluding hydrogens is 356 g/mol. The van der Waals surface area contributed by atoms with Gasteiger partial charge in [-0.25, -0.2) is 0 Å². The molecule has 154 valence electrons. The van der Waals surface area contributed by atoms with Gasteiger partial charge in [0.2, 0.25) is 0 Å². The molecule has 0 unspecified atom stereocenters. The number of methoxy groups -OCH3 is 1. The minimum Gasteiger partial charge on any atom is -0.469 e. The third-order valence-corrected chi connectivity index (χ3v) is 6.30. The molecule has 27 heavy (non-hydrogen) atoms. The first-order valence-electron chi connectivity index (χ1n) is 10.1. The zero-order valence-electron chi connectivity index (χ0n) is 15.7. The number of esters is 1. The van der Waals surface area contributed by atoms with Gasteiger partial charge in [0.05, 0.1) is 32.3 Å². The van der Waals surface area contributed by atoms with Gasteiger partial charge in [0.1, 0.15) is 30.5 Å². The molecule has 3 saturated heterocycles. The molecule has 8 nitrogen and oxygen atoms in total. The second-order valence-electron chi connectivity index (χ2n) is 8.11. The van der Waals surface area contributed by atoms with E-state index in [4.69, 9.17) is 23.7 Å². The quantitative estimate of drug-likeness (QED) is 0.680. The Morgan fingerprint density at radius 3 is 2.56 bits per heavy atom. The summed E-state index contributed by atoms with van der Waals surface area (Å²) in [5.41, 5.74) is 0. The first kappa shape index (κ1) is 19.5. The summed E-state index contributed by atoms with van der Waals surface area (Å²) < 4.78 is 29.8. The number of hydrogen-bond donors (Lipinski definition) is 2. The Bertz CT molecular complexity index is 534. The highest BCUT2D eigenvalue weighted by Crippen LogP contribution is 2.47. The van der Waals surface area contributed by atoms with Crippen LogP contribution < -0.4 is 0 Å². The van der Waals surface area contributed by atoms with Gasteiger partial charge in [-0.05, 0) is 25.7 Å². The second-order valence-corrected chi connectivity index (χ2v) is 8.11. The minimum atomic E-state index is -1.03. The van der Waals surface area contributed by atoms with Gasteiger partial charge < -0.3 is 33.9 Å². The fourth-order valence-corrected chi connectivity index (χ4v) is 4.93. The number of hydrogen-bond acceptors (Lipinski definition) is 8. The smallest absolute Gasteiger partial charge is 0.308 e. The van der Waals surface area contributed by atoms with Gasteiger partial charge in [0.25, 0.3) is 0 Å². The first-order chi connectivity index (χ1) is 13.0. The van der Waals surface area contributed by atoms with Crippen molar-refractivity contribution in [2.24, 2.45) is 0 Å². The molecule has 8 heteroatoms. The normalized spacial score (nSPS) is 41.6. The fraction of sp³-hybridized carbons (Fsp3) is 0.947. The van der Waals surface area contributed by atoms with E-state index in [9.17, 15) is 15.0 Å². The second kappa shape index (κ2) is 7.93. The van der Waals surface area contributed by atoms with Gasteiger partial charge in [-0.1, -0.05) is 6.42 Å². The molecule has 0 bridgehead atoms. The average molecular weight is 386 g/mol. The van der Waals surface area contributed by atoms with Crippen LogP contribution in [0.4, 0.5) is 0 Å². The Morgan fingerprint density at radius 1 is 1.11 bits per heavy atom. The van der Waals surface area contributed by atoms with Crippen LogP contribution in [0, 0.1) is 0 Å². The Labute approximate surface area is 159 Å². The van der Waals surface area contributed by atoms with E-state index >= 15 is 0 Å². The maximum atomic E-state index is 11.6. The van der Waals surface area contributed by atoms with Crippen LogP contribution in [0.5, 0.6) is 0 Å². The third-order valence-electron chi connectivity index (χ3n) is 6.30. The van der Waals surface area contributed by atoms with Crippen molar-refractivity contribution in [3.8, 4) is 0 Å². The van der Waals surface area contributed by atoms with Crippen molar-refractivity contribution < 1.29 is 38.7 Å². The molecule has 0 radical (unpaired) electrons. The number of carbonyl (C=O) groups is 1. The van der Waals surface area contributed by atoms with E-state index in [-0.39, 0.29) is 36.8 Å². The number of rotatable bonds is 4. The number of aliphatic hydroxyl groups is 2. The van der Waals surface area contributed by atoms with Gasteiger partial charge in [0, 0.05) is 12.8 Å². The lowest BCUT2D eigenvalue weighted by atomic mass is 9.87. The van der Waals surface area contributed by atoms with Crippen LogP contribution in [-0.4, -0.2) is 78.4 Å². The van der Waals surface area contributed by atoms with Crippen molar-refractivity contribution in [3.05, 3.63) is 0 Å². The van der Waals surface area contributed by atoms with Crippen molar-refractivity contribution >= 4 is 5.97 Å². The molecule has 1 saturated carbocycles. The molecule has 4 rings (SSSR count). The van der Waals surface area contributed by atoms with E-state index < -0.39 is 30.7 Å². The van der Waals surface area contributed by atoms with E-state index in [0.29, 0.717) is 12.8 Å². The molecule has 3 aliphatic heterocycles. The van der Waals surface area contributed by atoms with Crippen LogP contribution in [0.25, 0.3) is 0 Å². The summed E-state index contributed by atoms with van der Waals surface area (Å²) in [7, 11) is 1.37. The van der Waals surface area contributed by atoms with Gasteiger partial charge in [-0.3, -0.25) is 4.79 Å². The maximum Gasteiger partial charge on any atom is 0.308 e. The van der Waals surface area contributed by atoms with E-state index in [1.807, 2.05) is 0 Å². The molecule has 3 heterocycles. The van der Waals surface area contributed by atoms with Gasteiger partial charge in [-0.15, -0.1) is 0 Å². The molecule has 4 fully saturated rings. The van der Waals surface area contributed by atoms with Crippen LogP contribution in [0.15, 0.2) is 0 Å². The molecule has 0 aromatic rings.